The Morgan fingerprint density at radius 2 is 1.30 bits per heavy atom. The maximum absolute atomic E-state index is 2.41. The van der Waals surface area contributed by atoms with Crippen LogP contribution in [0.25, 0.3) is 10.8 Å². The first-order valence-corrected chi connectivity index (χ1v) is 8.95. The smallest absolute Gasteiger partial charge is 1.00 e. The van der Waals surface area contributed by atoms with Gasteiger partial charge in [-0.15, -0.1) is 34.5 Å². The van der Waals surface area contributed by atoms with E-state index in [9.17, 15) is 0 Å². The molecule has 27 heavy (non-hydrogen) atoms. The summed E-state index contributed by atoms with van der Waals surface area (Å²) in [7, 11) is 0. The number of aryl methyl sites for hydroxylation is 1. The zero-order valence-corrected chi connectivity index (χ0v) is 19.4. The summed E-state index contributed by atoms with van der Waals surface area (Å²) in [5, 5.41) is 2.62. The Balaban J connectivity index is 0.000000871. The maximum atomic E-state index is 2.41. The van der Waals surface area contributed by atoms with Gasteiger partial charge in [0.15, 0.2) is 0 Å². The van der Waals surface area contributed by atoms with Crippen LogP contribution < -0.4 is 29.7 Å². The van der Waals surface area contributed by atoms with Gasteiger partial charge in [0, 0.05) is 15.5 Å². The maximum Gasteiger partial charge on any atom is 3.00 e. The molecule has 0 fully saturated rings. The van der Waals surface area contributed by atoms with Crippen LogP contribution in [0.15, 0.2) is 88.7 Å². The summed E-state index contributed by atoms with van der Waals surface area (Å²) in [6, 6.07) is 28.5. The average Bonchev–Trinajstić information content (AvgIpc) is 3.00. The molecule has 5 rings (SSSR count). The summed E-state index contributed by atoms with van der Waals surface area (Å²) in [6.07, 6.45) is 0. The number of hydrogen-bond donors (Lipinski definition) is 0. The largest absolute Gasteiger partial charge is 3.00 e. The fourth-order valence-electron chi connectivity index (χ4n) is 3.53. The molecule has 4 aromatic carbocycles. The van der Waals surface area contributed by atoms with E-state index in [-0.39, 0.29) is 51.0 Å². The number of rotatable bonds is 1. The Kier molecular flexibility index (Phi) is 7.33. The minimum atomic E-state index is 0. The van der Waals surface area contributed by atoms with Gasteiger partial charge in [-0.05, 0) is 24.3 Å². The van der Waals surface area contributed by atoms with E-state index in [2.05, 4.69) is 90.7 Å². The number of hydrogen-bond acceptors (Lipinski definition) is 2. The zero-order chi connectivity index (χ0) is 16.1. The van der Waals surface area contributed by atoms with Crippen LogP contribution in [0.4, 0.5) is 17.1 Å². The van der Waals surface area contributed by atoms with Gasteiger partial charge in [0.05, 0.1) is 11.4 Å². The van der Waals surface area contributed by atoms with E-state index >= 15 is 0 Å². The molecule has 0 aromatic heterocycles. The van der Waals surface area contributed by atoms with Crippen LogP contribution in [-0.2, 0) is 26.2 Å². The van der Waals surface area contributed by atoms with Crippen LogP contribution in [0.5, 0.6) is 0 Å². The summed E-state index contributed by atoms with van der Waals surface area (Å²) < 4.78 is 0. The van der Waals surface area contributed by atoms with Gasteiger partial charge in [-0.25, -0.2) is 0 Å². The number of benzene rings is 3. The Labute approximate surface area is 195 Å². The van der Waals surface area contributed by atoms with Gasteiger partial charge < -0.3 is 29.7 Å². The molecule has 1 aliphatic heterocycles. The van der Waals surface area contributed by atoms with Gasteiger partial charge in [-0.2, -0.15) is 6.07 Å². The number of anilines is 3. The van der Waals surface area contributed by atoms with E-state index in [1.807, 2.05) is 11.8 Å². The monoisotopic (exact) mass is 486 g/mol. The van der Waals surface area contributed by atoms with Gasteiger partial charge in [-0.3, -0.25) is 0 Å². The molecule has 0 unspecified atom stereocenters. The van der Waals surface area contributed by atoms with E-state index < -0.39 is 0 Å². The summed E-state index contributed by atoms with van der Waals surface area (Å²) in [5.41, 5.74) is 5.08. The van der Waals surface area contributed by atoms with Crippen LogP contribution in [0.3, 0.4) is 0 Å². The van der Waals surface area contributed by atoms with Gasteiger partial charge in [0.1, 0.15) is 0 Å². The van der Waals surface area contributed by atoms with Crippen molar-refractivity contribution in [1.82, 2.24) is 0 Å². The van der Waals surface area contributed by atoms with E-state index in [1.54, 1.807) is 0 Å². The van der Waals surface area contributed by atoms with Crippen molar-refractivity contribution in [3.05, 3.63) is 84.4 Å². The molecule has 0 aliphatic carbocycles. The molecule has 1 aliphatic rings. The first kappa shape index (κ1) is 22.2. The van der Waals surface area contributed by atoms with E-state index in [0.29, 0.717) is 0 Å². The summed E-state index contributed by atoms with van der Waals surface area (Å²) in [4.78, 5) is 5.01. The van der Waals surface area contributed by atoms with Gasteiger partial charge in [-0.1, -0.05) is 49.0 Å². The number of para-hydroxylation sites is 2. The van der Waals surface area contributed by atoms with Crippen molar-refractivity contribution in [2.45, 2.75) is 16.7 Å². The first-order valence-electron chi connectivity index (χ1n) is 8.13. The molecule has 0 N–H and O–H groups in total. The summed E-state index contributed by atoms with van der Waals surface area (Å²) in [5.74, 6) is 0. The third kappa shape index (κ3) is 3.76. The molecular formula is C22H16Cl2NSZr. The Hall–Kier alpha value is -1.12. The second kappa shape index (κ2) is 8.92. The van der Waals surface area contributed by atoms with Crippen LogP contribution >= 0.6 is 11.8 Å². The number of fused-ring (bicyclic) bond motifs is 3. The molecule has 0 saturated carbocycles. The Morgan fingerprint density at radius 1 is 0.741 bits per heavy atom. The van der Waals surface area contributed by atoms with Gasteiger partial charge in [0.2, 0.25) is 0 Å². The van der Waals surface area contributed by atoms with Crippen LogP contribution in [-0.4, -0.2) is 0 Å². The van der Waals surface area contributed by atoms with Crippen molar-refractivity contribution in [1.29, 1.82) is 0 Å². The minimum absolute atomic E-state index is 0. The van der Waals surface area contributed by atoms with Gasteiger partial charge in [0.25, 0.3) is 0 Å². The molecule has 4 aromatic rings. The second-order valence-corrected chi connectivity index (χ2v) is 7.27. The SMILES string of the molecule is Cc1cc2c(N3c4ccccc4Sc4ccccc43)cccc2[cH-]1.[Cl-].[Cl-].[Zr+3]. The minimum Gasteiger partial charge on any atom is -1.00 e. The molecule has 0 saturated heterocycles. The fraction of sp³-hybridized carbons (Fsp3) is 0.0455. The van der Waals surface area contributed by atoms with Crippen molar-refractivity contribution >= 4 is 39.6 Å². The second-order valence-electron chi connectivity index (χ2n) is 6.19. The van der Waals surface area contributed by atoms with Crippen molar-refractivity contribution < 1.29 is 51.0 Å². The molecule has 5 heteroatoms. The van der Waals surface area contributed by atoms with Crippen LogP contribution in [0.2, 0.25) is 0 Å². The average molecular weight is 489 g/mol. The standard InChI is InChI=1S/C22H16NS.2ClH.Zr/c1-15-13-16-7-6-10-18(17(16)14-15)23-19-8-2-4-11-21(19)24-22-12-5-3-9-20(22)23;;;/h2-14H,1H3;2*1H;/q-1;;;+3/p-2. The predicted octanol–water partition coefficient (Wildman–Crippen LogP) is 0.807. The quantitative estimate of drug-likeness (QED) is 0.322. The summed E-state index contributed by atoms with van der Waals surface area (Å²) >= 11 is 1.85. The molecule has 0 bridgehead atoms. The molecule has 0 spiro atoms. The topological polar surface area (TPSA) is 3.24 Å². The Bertz CT molecular complexity index is 1030. The molecule has 1 nitrogen and oxygen atoms in total. The number of halogens is 2. The Morgan fingerprint density at radius 3 is 1.93 bits per heavy atom. The third-order valence-corrected chi connectivity index (χ3v) is 5.68. The fourth-order valence-corrected chi connectivity index (χ4v) is 4.59. The van der Waals surface area contributed by atoms with Crippen LogP contribution in [0.1, 0.15) is 5.56 Å². The van der Waals surface area contributed by atoms with Crippen molar-refractivity contribution in [2.75, 3.05) is 4.90 Å². The summed E-state index contributed by atoms with van der Waals surface area (Å²) in [6.45, 7) is 2.16. The van der Waals surface area contributed by atoms with Gasteiger partial charge >= 0.3 is 26.2 Å². The molecular weight excluding hydrogens is 472 g/mol. The van der Waals surface area contributed by atoms with Crippen LogP contribution in [0, 0.1) is 6.92 Å². The van der Waals surface area contributed by atoms with Crippen molar-refractivity contribution in [2.24, 2.45) is 0 Å². The van der Waals surface area contributed by atoms with Crippen molar-refractivity contribution in [3.63, 3.8) is 0 Å². The molecule has 1 radical (unpaired) electrons. The van der Waals surface area contributed by atoms with E-state index in [1.165, 1.54) is 43.2 Å². The zero-order valence-electron chi connectivity index (χ0n) is 14.6. The molecule has 133 valence electrons. The van der Waals surface area contributed by atoms with Crippen molar-refractivity contribution in [3.8, 4) is 0 Å². The first-order chi connectivity index (χ1) is 11.8. The normalized spacial score (nSPS) is 11.5. The molecule has 0 atom stereocenters. The number of nitrogens with zero attached hydrogens (tertiary/aromatic N) is 1. The predicted molar refractivity (Wildman–Crippen MR) is 103 cm³/mol. The van der Waals surface area contributed by atoms with E-state index in [4.69, 9.17) is 0 Å². The molecule has 1 heterocycles. The third-order valence-electron chi connectivity index (χ3n) is 4.55. The van der Waals surface area contributed by atoms with E-state index in [0.717, 1.165) is 0 Å². The molecule has 0 amide bonds.